The molecule has 1 aliphatic rings. The van der Waals surface area contributed by atoms with E-state index in [2.05, 4.69) is 34.2 Å². The zero-order chi connectivity index (χ0) is 16.4. The van der Waals surface area contributed by atoms with Crippen LogP contribution in [0.3, 0.4) is 0 Å². The van der Waals surface area contributed by atoms with Gasteiger partial charge in [0, 0.05) is 10.9 Å². The van der Waals surface area contributed by atoms with Crippen molar-refractivity contribution in [2.45, 2.75) is 31.7 Å². The molecule has 0 saturated carbocycles. The first kappa shape index (κ1) is 16.7. The van der Waals surface area contributed by atoms with Gasteiger partial charge in [-0.3, -0.25) is 0 Å². The predicted molar refractivity (Wildman–Crippen MR) is 97.3 cm³/mol. The molecule has 1 aromatic carbocycles. The zero-order valence-corrected chi connectivity index (χ0v) is 15.7. The summed E-state index contributed by atoms with van der Waals surface area (Å²) < 4.78 is 5.96. The van der Waals surface area contributed by atoms with E-state index in [1.54, 1.807) is 0 Å². The van der Waals surface area contributed by atoms with Gasteiger partial charge in [0.05, 0.1) is 16.5 Å². The number of halogens is 1. The molecule has 2 aromatic rings. The summed E-state index contributed by atoms with van der Waals surface area (Å²) in [6.07, 6.45) is 2.25. The topological polar surface area (TPSA) is 38.3 Å². The van der Waals surface area contributed by atoms with Crippen LogP contribution in [0.25, 0.3) is 0 Å². The molecule has 3 rings (SSSR count). The van der Waals surface area contributed by atoms with Crippen LogP contribution in [0.4, 0.5) is 0 Å². The average Bonchev–Trinajstić information content (AvgIpc) is 2.93. The number of nitrogens with one attached hydrogen (secondary N) is 1. The van der Waals surface area contributed by atoms with Crippen molar-refractivity contribution >= 4 is 33.2 Å². The van der Waals surface area contributed by atoms with Crippen LogP contribution in [-0.4, -0.2) is 19.6 Å². The standard InChI is InChI=1S/C18H20BrNO2S/c1-11-15(10-17(19)23-11)14-7-8-20-16(9-14)12-3-5-13(6-4-12)18(21)22-2/h3-6,10,14,16,20H,7-9H2,1-2H3/t14?,16-/m0/s1. The van der Waals surface area contributed by atoms with Crippen molar-refractivity contribution in [1.82, 2.24) is 5.32 Å². The third kappa shape index (κ3) is 3.67. The van der Waals surface area contributed by atoms with Gasteiger partial charge in [-0.2, -0.15) is 0 Å². The number of thiophene rings is 1. The minimum atomic E-state index is -0.287. The first-order valence-electron chi connectivity index (χ1n) is 7.76. The summed E-state index contributed by atoms with van der Waals surface area (Å²) in [6.45, 7) is 3.22. The second kappa shape index (κ2) is 7.16. The summed E-state index contributed by atoms with van der Waals surface area (Å²) in [5.41, 5.74) is 3.30. The summed E-state index contributed by atoms with van der Waals surface area (Å²) in [5.74, 6) is 0.300. The second-order valence-electron chi connectivity index (χ2n) is 5.90. The van der Waals surface area contributed by atoms with Crippen LogP contribution in [0.15, 0.2) is 34.1 Å². The Balaban J connectivity index is 1.76. The number of rotatable bonds is 3. The summed E-state index contributed by atoms with van der Waals surface area (Å²) >= 11 is 5.41. The van der Waals surface area contributed by atoms with Crippen molar-refractivity contribution in [2.24, 2.45) is 0 Å². The molecule has 0 spiro atoms. The van der Waals surface area contributed by atoms with Crippen molar-refractivity contribution in [3.63, 3.8) is 0 Å². The first-order valence-corrected chi connectivity index (χ1v) is 9.37. The lowest BCUT2D eigenvalue weighted by Gasteiger charge is -2.31. The third-order valence-electron chi connectivity index (χ3n) is 4.50. The Morgan fingerprint density at radius 3 is 2.70 bits per heavy atom. The van der Waals surface area contributed by atoms with E-state index < -0.39 is 0 Å². The van der Waals surface area contributed by atoms with Crippen LogP contribution in [-0.2, 0) is 4.74 Å². The smallest absolute Gasteiger partial charge is 0.337 e. The van der Waals surface area contributed by atoms with Gasteiger partial charge >= 0.3 is 5.97 Å². The Morgan fingerprint density at radius 1 is 1.35 bits per heavy atom. The number of benzene rings is 1. The van der Waals surface area contributed by atoms with E-state index >= 15 is 0 Å². The molecule has 1 fully saturated rings. The highest BCUT2D eigenvalue weighted by Gasteiger charge is 2.26. The first-order chi connectivity index (χ1) is 11.1. The SMILES string of the molecule is COC(=O)c1ccc([C@@H]2CC(c3cc(Br)sc3C)CCN2)cc1. The number of methoxy groups -OCH3 is 1. The van der Waals surface area contributed by atoms with Gasteiger partial charge in [0.25, 0.3) is 0 Å². The fraction of sp³-hybridized carbons (Fsp3) is 0.389. The number of ether oxygens (including phenoxy) is 1. The number of hydrogen-bond donors (Lipinski definition) is 1. The minimum absolute atomic E-state index is 0.287. The van der Waals surface area contributed by atoms with Crippen LogP contribution >= 0.6 is 27.3 Å². The van der Waals surface area contributed by atoms with E-state index in [4.69, 9.17) is 4.74 Å². The third-order valence-corrected chi connectivity index (χ3v) is 6.07. The normalized spacial score (nSPS) is 21.2. The Kier molecular flexibility index (Phi) is 5.19. The van der Waals surface area contributed by atoms with Gasteiger partial charge in [-0.15, -0.1) is 11.3 Å². The van der Waals surface area contributed by atoms with E-state index in [0.29, 0.717) is 17.5 Å². The molecule has 1 aliphatic heterocycles. The van der Waals surface area contributed by atoms with Gasteiger partial charge in [-0.1, -0.05) is 12.1 Å². The highest BCUT2D eigenvalue weighted by atomic mass is 79.9. The lowest BCUT2D eigenvalue weighted by atomic mass is 9.84. The lowest BCUT2D eigenvalue weighted by molar-refractivity contribution is 0.0600. The second-order valence-corrected chi connectivity index (χ2v) is 8.54. The molecule has 0 aliphatic carbocycles. The predicted octanol–water partition coefficient (Wildman–Crippen LogP) is 4.81. The molecule has 1 aromatic heterocycles. The maximum absolute atomic E-state index is 11.5. The number of esters is 1. The van der Waals surface area contributed by atoms with Gasteiger partial charge in [0.1, 0.15) is 0 Å². The Bertz CT molecular complexity index is 696. The Hall–Kier alpha value is -1.17. The highest BCUT2D eigenvalue weighted by Crippen LogP contribution is 2.39. The maximum Gasteiger partial charge on any atom is 0.337 e. The maximum atomic E-state index is 11.5. The number of piperidine rings is 1. The van der Waals surface area contributed by atoms with Crippen LogP contribution < -0.4 is 5.32 Å². The molecule has 3 nitrogen and oxygen atoms in total. The average molecular weight is 394 g/mol. The number of carbonyl (C=O) groups excluding carboxylic acids is 1. The van der Waals surface area contributed by atoms with Gasteiger partial charge < -0.3 is 10.1 Å². The van der Waals surface area contributed by atoms with Crippen LogP contribution in [0.2, 0.25) is 0 Å². The molecule has 1 N–H and O–H groups in total. The molecule has 2 atom stereocenters. The quantitative estimate of drug-likeness (QED) is 0.759. The van der Waals surface area contributed by atoms with E-state index in [1.165, 1.54) is 33.3 Å². The largest absolute Gasteiger partial charge is 0.465 e. The summed E-state index contributed by atoms with van der Waals surface area (Å²) in [4.78, 5) is 12.9. The Labute approximate surface area is 149 Å². The van der Waals surface area contributed by atoms with E-state index in [-0.39, 0.29) is 5.97 Å². The molecular weight excluding hydrogens is 374 g/mol. The van der Waals surface area contributed by atoms with Gasteiger partial charge in [0.15, 0.2) is 0 Å². The molecule has 0 bridgehead atoms. The molecule has 0 amide bonds. The van der Waals surface area contributed by atoms with Crippen LogP contribution in [0, 0.1) is 6.92 Å². The fourth-order valence-corrected chi connectivity index (χ4v) is 5.08. The van der Waals surface area contributed by atoms with Crippen molar-refractivity contribution in [3.8, 4) is 0 Å². The van der Waals surface area contributed by atoms with E-state index in [1.807, 2.05) is 35.6 Å². The number of carbonyl (C=O) groups is 1. The number of aryl methyl sites for hydroxylation is 1. The molecule has 5 heteroatoms. The van der Waals surface area contributed by atoms with Gasteiger partial charge in [0.2, 0.25) is 0 Å². The highest BCUT2D eigenvalue weighted by molar-refractivity contribution is 9.11. The Morgan fingerprint density at radius 2 is 2.09 bits per heavy atom. The minimum Gasteiger partial charge on any atom is -0.465 e. The van der Waals surface area contributed by atoms with Crippen molar-refractivity contribution in [1.29, 1.82) is 0 Å². The molecule has 23 heavy (non-hydrogen) atoms. The van der Waals surface area contributed by atoms with Crippen molar-refractivity contribution < 1.29 is 9.53 Å². The fourth-order valence-electron chi connectivity index (χ4n) is 3.29. The van der Waals surface area contributed by atoms with Gasteiger partial charge in [-0.05, 0) is 77.5 Å². The van der Waals surface area contributed by atoms with E-state index in [9.17, 15) is 4.79 Å². The van der Waals surface area contributed by atoms with Crippen molar-refractivity contribution in [2.75, 3.05) is 13.7 Å². The summed E-state index contributed by atoms with van der Waals surface area (Å²) in [7, 11) is 1.41. The van der Waals surface area contributed by atoms with Gasteiger partial charge in [-0.25, -0.2) is 4.79 Å². The van der Waals surface area contributed by atoms with Crippen molar-refractivity contribution in [3.05, 3.63) is 55.7 Å². The summed E-state index contributed by atoms with van der Waals surface area (Å²) in [6, 6.07) is 10.4. The van der Waals surface area contributed by atoms with Crippen LogP contribution in [0.1, 0.15) is 51.2 Å². The zero-order valence-electron chi connectivity index (χ0n) is 13.3. The summed E-state index contributed by atoms with van der Waals surface area (Å²) in [5, 5.41) is 3.60. The lowest BCUT2D eigenvalue weighted by Crippen LogP contribution is -2.31. The monoisotopic (exact) mass is 393 g/mol. The molecular formula is C18H20BrNO2S. The molecule has 1 saturated heterocycles. The molecule has 1 unspecified atom stereocenters. The molecule has 2 heterocycles. The molecule has 122 valence electrons. The van der Waals surface area contributed by atoms with E-state index in [0.717, 1.165) is 13.0 Å². The molecule has 0 radical (unpaired) electrons. The van der Waals surface area contributed by atoms with Crippen LogP contribution in [0.5, 0.6) is 0 Å². The number of hydrogen-bond acceptors (Lipinski definition) is 4.